The third-order valence-corrected chi connectivity index (χ3v) is 13.3. The van der Waals surface area contributed by atoms with Gasteiger partial charge in [0.15, 0.2) is 0 Å². The molecule has 1 unspecified atom stereocenters. The van der Waals surface area contributed by atoms with Gasteiger partial charge in [-0.15, -0.1) is 0 Å². The molecule has 0 spiro atoms. The van der Waals surface area contributed by atoms with Gasteiger partial charge in [0, 0.05) is 62.1 Å². The number of rotatable bonds is 6. The fourth-order valence-corrected chi connectivity index (χ4v) is 10.1. The van der Waals surface area contributed by atoms with E-state index < -0.39 is 0 Å². The molecular weight excluding hydrogens is 783 g/mol. The largest absolute Gasteiger partial charge is 0.461 e. The van der Waals surface area contributed by atoms with E-state index in [4.69, 9.17) is 13.6 Å². The molecule has 1 atom stereocenters. The van der Waals surface area contributed by atoms with Gasteiger partial charge < -0.3 is 18.5 Å². The lowest BCUT2D eigenvalue weighted by atomic mass is 9.90. The summed E-state index contributed by atoms with van der Waals surface area (Å²) < 4.78 is 18.9. The molecule has 8 aromatic carbocycles. The highest BCUT2D eigenvalue weighted by molar-refractivity contribution is 6.06. The second-order valence-electron chi connectivity index (χ2n) is 17.1. The summed E-state index contributed by atoms with van der Waals surface area (Å²) in [5.41, 5.74) is 17.8. The zero-order valence-electron chi connectivity index (χ0n) is 35.0. The minimum absolute atomic E-state index is 0.281. The van der Waals surface area contributed by atoms with E-state index in [0.717, 1.165) is 120 Å². The van der Waals surface area contributed by atoms with E-state index in [1.54, 1.807) is 0 Å². The predicted molar refractivity (Wildman–Crippen MR) is 262 cm³/mol. The van der Waals surface area contributed by atoms with Crippen molar-refractivity contribution in [2.75, 3.05) is 4.90 Å². The summed E-state index contributed by atoms with van der Waals surface area (Å²) in [6.07, 6.45) is 12.1. The van der Waals surface area contributed by atoms with Gasteiger partial charge in [-0.05, 0) is 131 Å². The Morgan fingerprint density at radius 3 is 1.84 bits per heavy atom. The number of fused-ring (bicyclic) bond motifs is 11. The zero-order valence-corrected chi connectivity index (χ0v) is 35.0. The van der Waals surface area contributed by atoms with E-state index in [2.05, 4.69) is 187 Å². The zero-order chi connectivity index (χ0) is 42.1. The smallest absolute Gasteiger partial charge is 0.135 e. The maximum Gasteiger partial charge on any atom is 0.135 e. The second kappa shape index (κ2) is 14.8. The summed E-state index contributed by atoms with van der Waals surface area (Å²) in [5, 5.41) is 3.50. The fraction of sp³-hybridized carbons (Fsp3) is 0.0667. The molecule has 13 rings (SSSR count). The molecule has 0 bridgehead atoms. The molecule has 0 amide bonds. The van der Waals surface area contributed by atoms with Crippen LogP contribution in [0.25, 0.3) is 84.7 Å². The van der Waals surface area contributed by atoms with Gasteiger partial charge in [-0.2, -0.15) is 0 Å². The molecule has 0 saturated heterocycles. The number of allylic oxidation sites excluding steroid dienone is 1. The minimum atomic E-state index is 0.281. The monoisotopic (exact) mass is 823 g/mol. The number of para-hydroxylation sites is 3. The number of hydrogen-bond acceptors (Lipinski definition) is 4. The van der Waals surface area contributed by atoms with Crippen molar-refractivity contribution < 1.29 is 13.6 Å². The number of furan rings is 2. The Morgan fingerprint density at radius 1 is 0.484 bits per heavy atom. The van der Waals surface area contributed by atoms with E-state index in [1.807, 2.05) is 24.3 Å². The van der Waals surface area contributed by atoms with Crippen molar-refractivity contribution in [1.29, 1.82) is 0 Å². The first-order valence-electron chi connectivity index (χ1n) is 22.2. The number of benzene rings is 8. The van der Waals surface area contributed by atoms with Crippen molar-refractivity contribution in [1.82, 2.24) is 0 Å². The maximum atomic E-state index is 6.47. The van der Waals surface area contributed by atoms with Crippen molar-refractivity contribution in [2.24, 2.45) is 0 Å². The first-order chi connectivity index (χ1) is 31.7. The third-order valence-electron chi connectivity index (χ3n) is 13.3. The topological polar surface area (TPSA) is 38.8 Å². The molecule has 304 valence electrons. The first kappa shape index (κ1) is 36.6. The average molecular weight is 824 g/mol. The molecule has 3 aliphatic rings. The molecule has 64 heavy (non-hydrogen) atoms. The van der Waals surface area contributed by atoms with Crippen LogP contribution in [0.5, 0.6) is 11.5 Å². The quantitative estimate of drug-likeness (QED) is 0.167. The summed E-state index contributed by atoms with van der Waals surface area (Å²) >= 11 is 0. The lowest BCUT2D eigenvalue weighted by Crippen LogP contribution is -2.26. The molecule has 2 aliphatic carbocycles. The van der Waals surface area contributed by atoms with E-state index >= 15 is 0 Å². The molecule has 0 fully saturated rings. The van der Waals surface area contributed by atoms with Gasteiger partial charge in [0.05, 0.1) is 0 Å². The Hall–Kier alpha value is -8.08. The van der Waals surface area contributed by atoms with Crippen molar-refractivity contribution in [3.8, 4) is 56.0 Å². The summed E-state index contributed by atoms with van der Waals surface area (Å²) in [7, 11) is 0. The summed E-state index contributed by atoms with van der Waals surface area (Å²) in [5.74, 6) is 3.14. The Bertz CT molecular complexity index is 3610. The van der Waals surface area contributed by atoms with Crippen LogP contribution in [0.3, 0.4) is 0 Å². The maximum absolute atomic E-state index is 6.47. The summed E-state index contributed by atoms with van der Waals surface area (Å²) in [6, 6.07) is 65.2. The highest BCUT2D eigenvalue weighted by Gasteiger charge is 2.22. The molecule has 2 aromatic heterocycles. The first-order valence-corrected chi connectivity index (χ1v) is 22.2. The van der Waals surface area contributed by atoms with E-state index in [9.17, 15) is 0 Å². The number of ether oxygens (including phenoxy) is 1. The van der Waals surface area contributed by atoms with Crippen molar-refractivity contribution in [3.05, 3.63) is 216 Å². The molecule has 0 N–H and O–H groups in total. The Labute approximate surface area is 370 Å². The van der Waals surface area contributed by atoms with Crippen LogP contribution in [0.15, 0.2) is 197 Å². The van der Waals surface area contributed by atoms with Crippen LogP contribution < -0.4 is 20.3 Å². The lowest BCUT2D eigenvalue weighted by Gasteiger charge is -2.26. The summed E-state index contributed by atoms with van der Waals surface area (Å²) in [4.78, 5) is 2.36. The Morgan fingerprint density at radius 2 is 1.09 bits per heavy atom. The lowest BCUT2D eigenvalue weighted by molar-refractivity contribution is 0.476. The molecule has 4 nitrogen and oxygen atoms in total. The van der Waals surface area contributed by atoms with Crippen LogP contribution in [0.4, 0.5) is 17.1 Å². The number of aryl methyl sites for hydroxylation is 1. The van der Waals surface area contributed by atoms with Gasteiger partial charge in [-0.3, -0.25) is 0 Å². The fourth-order valence-electron chi connectivity index (χ4n) is 10.1. The van der Waals surface area contributed by atoms with E-state index in [1.165, 1.54) is 21.9 Å². The third kappa shape index (κ3) is 6.13. The minimum Gasteiger partial charge on any atom is -0.461 e. The normalized spacial score (nSPS) is 14.5. The molecule has 4 heteroatoms. The summed E-state index contributed by atoms with van der Waals surface area (Å²) in [6.45, 7) is 0. The van der Waals surface area contributed by atoms with Crippen LogP contribution >= 0.6 is 0 Å². The molecule has 0 radical (unpaired) electrons. The van der Waals surface area contributed by atoms with Crippen LogP contribution in [0.1, 0.15) is 35.6 Å². The van der Waals surface area contributed by atoms with Crippen molar-refractivity contribution in [3.63, 3.8) is 0 Å². The van der Waals surface area contributed by atoms with Crippen LogP contribution in [-0.4, -0.2) is 0 Å². The predicted octanol–water partition coefficient (Wildman–Crippen LogP) is 15.1. The van der Waals surface area contributed by atoms with Crippen LogP contribution in [0, 0.1) is 0 Å². The standard InChI is InChI=1S/C60H41NO3/c1-5-13-55-48(9-1)47-32-23-41(35-52(47)49-10-2-6-14-56(49)62-55)38-17-26-44(27-18-38)61(45-28-19-39(20-29-45)42-24-33-59-53(36-42)50-11-3-7-15-57(50)63-59)46-30-21-40(22-31-46)43-25-34-60-54(37-43)51-12-4-8-16-58(51)64-60/h1-7,9-15,17-24,26-37,43H,8,16,25H2. The van der Waals surface area contributed by atoms with Gasteiger partial charge in [-0.25, -0.2) is 0 Å². The highest BCUT2D eigenvalue weighted by atomic mass is 16.5. The molecular formula is C60H41NO3. The van der Waals surface area contributed by atoms with E-state index in [0.29, 0.717) is 0 Å². The second-order valence-corrected chi connectivity index (χ2v) is 17.1. The highest BCUT2D eigenvalue weighted by Crippen LogP contribution is 2.48. The van der Waals surface area contributed by atoms with Gasteiger partial charge in [-0.1, -0.05) is 127 Å². The van der Waals surface area contributed by atoms with Gasteiger partial charge in [0.25, 0.3) is 0 Å². The molecule has 1 aliphatic heterocycles. The Balaban J connectivity index is 0.870. The molecule has 3 heterocycles. The van der Waals surface area contributed by atoms with Crippen LogP contribution in [-0.2, 0) is 6.42 Å². The SMILES string of the molecule is C1=Cc2c(oc3c2=CC(c2ccc(N(c4ccc(-c5ccc6c(c5)-c5ccccc5Oc5ccccc5-6)cc4)c4ccc(-c5ccc6oc7ccccc7c6c5)cc4)cc2)CC=3)CC1. The number of anilines is 3. The van der Waals surface area contributed by atoms with Gasteiger partial charge in [0.1, 0.15) is 33.8 Å². The van der Waals surface area contributed by atoms with Gasteiger partial charge >= 0.3 is 0 Å². The average Bonchev–Trinajstić information content (AvgIpc) is 3.88. The number of hydrogen-bond donors (Lipinski definition) is 0. The van der Waals surface area contributed by atoms with E-state index in [-0.39, 0.29) is 5.92 Å². The van der Waals surface area contributed by atoms with Crippen molar-refractivity contribution in [2.45, 2.75) is 25.2 Å². The molecule has 0 saturated carbocycles. The Kier molecular flexibility index (Phi) is 8.45. The van der Waals surface area contributed by atoms with Crippen LogP contribution in [0.2, 0.25) is 0 Å². The van der Waals surface area contributed by atoms with Gasteiger partial charge in [0.2, 0.25) is 0 Å². The molecule has 10 aromatic rings. The van der Waals surface area contributed by atoms with Crippen molar-refractivity contribution >= 4 is 57.2 Å². The number of nitrogens with zero attached hydrogens (tertiary/aromatic N) is 1.